The minimum absolute atomic E-state index is 0.0754. The van der Waals surface area contributed by atoms with E-state index in [4.69, 9.17) is 4.52 Å². The maximum atomic E-state index is 13.1. The van der Waals surface area contributed by atoms with E-state index in [1.54, 1.807) is 48.5 Å². The highest BCUT2D eigenvalue weighted by Gasteiger charge is 2.23. The average molecular weight is 424 g/mol. The highest BCUT2D eigenvalue weighted by atomic mass is 32.2. The van der Waals surface area contributed by atoms with Crippen LogP contribution in [0.3, 0.4) is 0 Å². The van der Waals surface area contributed by atoms with Crippen molar-refractivity contribution >= 4 is 49.2 Å². The van der Waals surface area contributed by atoms with Crippen LogP contribution in [0.2, 0.25) is 0 Å². The molecule has 0 fully saturated rings. The summed E-state index contributed by atoms with van der Waals surface area (Å²) in [6.07, 6.45) is 0. The van der Waals surface area contributed by atoms with Gasteiger partial charge in [0.25, 0.3) is 10.0 Å². The zero-order chi connectivity index (χ0) is 21.5. The first-order valence-corrected chi connectivity index (χ1v) is 10.7. The molecule has 4 rings (SSSR count). The van der Waals surface area contributed by atoms with Crippen LogP contribution in [-0.2, 0) is 14.8 Å². The summed E-state index contributed by atoms with van der Waals surface area (Å²) in [5.74, 6) is -0.128. The number of fused-ring (bicyclic) bond motifs is 3. The molecule has 0 atom stereocenters. The van der Waals surface area contributed by atoms with Crippen molar-refractivity contribution in [2.75, 3.05) is 10.0 Å². The highest BCUT2D eigenvalue weighted by molar-refractivity contribution is 7.93. The molecule has 1 heterocycles. The van der Waals surface area contributed by atoms with Crippen molar-refractivity contribution in [3.05, 3.63) is 54.6 Å². The van der Waals surface area contributed by atoms with Crippen LogP contribution < -0.4 is 10.0 Å². The number of amides is 1. The van der Waals surface area contributed by atoms with Crippen LogP contribution in [0.4, 0.5) is 11.4 Å². The lowest BCUT2D eigenvalue weighted by Gasteiger charge is -2.18. The third-order valence-electron chi connectivity index (χ3n) is 4.58. The first-order valence-electron chi connectivity index (χ1n) is 9.23. The first kappa shape index (κ1) is 19.8. The Labute approximate surface area is 173 Å². The number of anilines is 2. The Kier molecular flexibility index (Phi) is 4.70. The molecule has 0 radical (unpaired) electrons. The van der Waals surface area contributed by atoms with Gasteiger partial charge < -0.3 is 9.84 Å². The Morgan fingerprint density at radius 1 is 0.967 bits per heavy atom. The summed E-state index contributed by atoms with van der Waals surface area (Å²) in [4.78, 5) is 12.2. The molecule has 4 aromatic rings. The van der Waals surface area contributed by atoms with E-state index >= 15 is 0 Å². The predicted octanol–water partition coefficient (Wildman–Crippen LogP) is 4.16. The number of hydrogen-bond acceptors (Lipinski definition) is 6. The summed E-state index contributed by atoms with van der Waals surface area (Å²) in [6.45, 7) is 5.45. The van der Waals surface area contributed by atoms with E-state index in [1.807, 2.05) is 20.8 Å². The molecular formula is C21H20N4O4S. The molecule has 154 valence electrons. The second-order valence-electron chi connectivity index (χ2n) is 7.93. The Morgan fingerprint density at radius 2 is 1.60 bits per heavy atom. The lowest BCUT2D eigenvalue weighted by molar-refractivity contribution is -0.123. The fourth-order valence-electron chi connectivity index (χ4n) is 2.95. The van der Waals surface area contributed by atoms with Crippen molar-refractivity contribution in [1.29, 1.82) is 0 Å². The second kappa shape index (κ2) is 7.10. The van der Waals surface area contributed by atoms with Crippen molar-refractivity contribution in [2.45, 2.75) is 25.7 Å². The second-order valence-corrected chi connectivity index (χ2v) is 9.58. The van der Waals surface area contributed by atoms with Gasteiger partial charge in [-0.25, -0.2) is 8.42 Å². The minimum atomic E-state index is -3.92. The van der Waals surface area contributed by atoms with Crippen LogP contribution in [0.5, 0.6) is 0 Å². The smallest absolute Gasteiger partial charge is 0.262 e. The number of benzene rings is 3. The summed E-state index contributed by atoms with van der Waals surface area (Å²) in [5, 5.41) is 11.3. The van der Waals surface area contributed by atoms with Gasteiger partial charge in [-0.05, 0) is 30.3 Å². The molecule has 2 N–H and O–H groups in total. The molecule has 30 heavy (non-hydrogen) atoms. The van der Waals surface area contributed by atoms with E-state index < -0.39 is 15.4 Å². The number of aromatic nitrogens is 2. The molecule has 0 aliphatic rings. The third-order valence-corrected chi connectivity index (χ3v) is 6.01. The summed E-state index contributed by atoms with van der Waals surface area (Å²) in [7, 11) is -3.92. The Bertz CT molecular complexity index is 1350. The summed E-state index contributed by atoms with van der Waals surface area (Å²) < 4.78 is 34.0. The number of carbonyl (C=O) groups is 1. The molecule has 0 saturated carbocycles. The fraction of sp³-hybridized carbons (Fsp3) is 0.190. The minimum Gasteiger partial charge on any atom is -0.336 e. The van der Waals surface area contributed by atoms with Gasteiger partial charge in [-0.1, -0.05) is 45.0 Å². The molecule has 0 bridgehead atoms. The molecule has 1 aromatic heterocycles. The molecule has 0 aliphatic carbocycles. The largest absolute Gasteiger partial charge is 0.336 e. The molecule has 0 saturated heterocycles. The summed E-state index contributed by atoms with van der Waals surface area (Å²) >= 11 is 0. The zero-order valence-corrected chi connectivity index (χ0v) is 17.4. The molecule has 3 aromatic carbocycles. The van der Waals surface area contributed by atoms with Crippen LogP contribution in [-0.4, -0.2) is 24.7 Å². The maximum Gasteiger partial charge on any atom is 0.262 e. The maximum absolute atomic E-state index is 13.1. The van der Waals surface area contributed by atoms with Crippen LogP contribution in [0.15, 0.2) is 64.0 Å². The quantitative estimate of drug-likeness (QED) is 0.508. The van der Waals surface area contributed by atoms with Gasteiger partial charge in [0.15, 0.2) is 5.58 Å². The molecule has 0 unspecified atom stereocenters. The number of hydrogen-bond donors (Lipinski definition) is 2. The van der Waals surface area contributed by atoms with Gasteiger partial charge in [-0.15, -0.1) is 5.10 Å². The normalized spacial score (nSPS) is 12.2. The summed E-state index contributed by atoms with van der Waals surface area (Å²) in [5.41, 5.74) is 1.21. The van der Waals surface area contributed by atoms with E-state index in [0.717, 1.165) is 0 Å². The third kappa shape index (κ3) is 3.71. The standard InChI is InChI=1S/C21H20N4O4S/c1-21(2,3)20(26)22-13-8-10-14(11-9-13)24-30(27,28)18-12-17-19(29-25-23-17)16-7-5-4-6-15(16)18/h4-12,24H,1-3H3,(H,22,26). The molecule has 0 aliphatic heterocycles. The van der Waals surface area contributed by atoms with Gasteiger partial charge in [-0.3, -0.25) is 9.52 Å². The van der Waals surface area contributed by atoms with Gasteiger partial charge in [0, 0.05) is 32.8 Å². The topological polar surface area (TPSA) is 114 Å². The van der Waals surface area contributed by atoms with Crippen molar-refractivity contribution in [3.8, 4) is 0 Å². The molecule has 9 heteroatoms. The summed E-state index contributed by atoms with van der Waals surface area (Å²) in [6, 6.07) is 14.9. The number of nitrogens with zero attached hydrogens (tertiary/aromatic N) is 2. The monoisotopic (exact) mass is 424 g/mol. The van der Waals surface area contributed by atoms with Crippen LogP contribution >= 0.6 is 0 Å². The number of nitrogens with one attached hydrogen (secondary N) is 2. The lowest BCUT2D eigenvalue weighted by Crippen LogP contribution is -2.27. The first-order chi connectivity index (χ1) is 14.1. The van der Waals surface area contributed by atoms with Crippen LogP contribution in [0.25, 0.3) is 21.9 Å². The van der Waals surface area contributed by atoms with Crippen molar-refractivity contribution in [2.24, 2.45) is 5.41 Å². The fourth-order valence-corrected chi connectivity index (χ4v) is 4.24. The Morgan fingerprint density at radius 3 is 2.27 bits per heavy atom. The van der Waals surface area contributed by atoms with Gasteiger partial charge in [-0.2, -0.15) is 0 Å². The lowest BCUT2D eigenvalue weighted by atomic mass is 9.95. The zero-order valence-electron chi connectivity index (χ0n) is 16.6. The van der Waals surface area contributed by atoms with E-state index in [2.05, 4.69) is 20.4 Å². The average Bonchev–Trinajstić information content (AvgIpc) is 3.17. The predicted molar refractivity (Wildman–Crippen MR) is 115 cm³/mol. The van der Waals surface area contributed by atoms with Gasteiger partial charge >= 0.3 is 0 Å². The molecule has 1 amide bonds. The number of rotatable bonds is 4. The van der Waals surface area contributed by atoms with Gasteiger partial charge in [0.05, 0.1) is 4.90 Å². The van der Waals surface area contributed by atoms with E-state index in [1.165, 1.54) is 6.07 Å². The van der Waals surface area contributed by atoms with E-state index in [0.29, 0.717) is 33.2 Å². The van der Waals surface area contributed by atoms with Crippen molar-refractivity contribution in [1.82, 2.24) is 10.4 Å². The Balaban J connectivity index is 1.66. The van der Waals surface area contributed by atoms with Crippen LogP contribution in [0, 0.1) is 5.41 Å². The number of sulfonamides is 1. The molecule has 8 nitrogen and oxygen atoms in total. The SMILES string of the molecule is CC(C)(C)C(=O)Nc1ccc(NS(=O)(=O)c2cc3nnoc3c3ccccc23)cc1. The highest BCUT2D eigenvalue weighted by Crippen LogP contribution is 2.31. The van der Waals surface area contributed by atoms with Crippen molar-refractivity contribution in [3.63, 3.8) is 0 Å². The van der Waals surface area contributed by atoms with E-state index in [9.17, 15) is 13.2 Å². The van der Waals surface area contributed by atoms with Crippen molar-refractivity contribution < 1.29 is 17.7 Å². The van der Waals surface area contributed by atoms with Gasteiger partial charge in [0.1, 0.15) is 5.52 Å². The molecule has 0 spiro atoms. The van der Waals surface area contributed by atoms with Crippen LogP contribution in [0.1, 0.15) is 20.8 Å². The number of carbonyl (C=O) groups excluding carboxylic acids is 1. The molecular weight excluding hydrogens is 404 g/mol. The van der Waals surface area contributed by atoms with E-state index in [-0.39, 0.29) is 10.8 Å². The Hall–Kier alpha value is -3.46. The van der Waals surface area contributed by atoms with Gasteiger partial charge in [0.2, 0.25) is 5.91 Å².